The molecule has 0 aliphatic rings. The Kier molecular flexibility index (Phi) is 3.07. The van der Waals surface area contributed by atoms with E-state index in [0.717, 1.165) is 5.39 Å². The van der Waals surface area contributed by atoms with Gasteiger partial charge >= 0.3 is 0 Å². The van der Waals surface area contributed by atoms with Crippen molar-refractivity contribution in [3.63, 3.8) is 0 Å². The first-order valence-electron chi connectivity index (χ1n) is 4.81. The van der Waals surface area contributed by atoms with E-state index >= 15 is 0 Å². The molecule has 0 saturated heterocycles. The topological polar surface area (TPSA) is 50.9 Å². The standard InChI is InChI=1S/C11H11F2N3/c12-11(13)10(16-14)8-3-1-2-7-4-5-15-6-9(7)8/h1-6,10-11,16H,14H2. The van der Waals surface area contributed by atoms with Crippen LogP contribution in [-0.2, 0) is 0 Å². The third-order valence-corrected chi connectivity index (χ3v) is 2.48. The lowest BCUT2D eigenvalue weighted by molar-refractivity contribution is 0.0992. The molecule has 0 saturated carbocycles. The number of aromatic nitrogens is 1. The first kappa shape index (κ1) is 10.9. The van der Waals surface area contributed by atoms with Crippen LogP contribution in [0.2, 0.25) is 0 Å². The Morgan fingerprint density at radius 2 is 2.06 bits per heavy atom. The van der Waals surface area contributed by atoms with Crippen LogP contribution in [0.1, 0.15) is 11.6 Å². The summed E-state index contributed by atoms with van der Waals surface area (Å²) in [5.41, 5.74) is 2.59. The molecular formula is C11H11F2N3. The first-order chi connectivity index (χ1) is 7.74. The molecule has 3 N–H and O–H groups in total. The second-order valence-corrected chi connectivity index (χ2v) is 3.42. The molecular weight excluding hydrogens is 212 g/mol. The lowest BCUT2D eigenvalue weighted by Gasteiger charge is -2.16. The molecule has 0 aliphatic heterocycles. The minimum absolute atomic E-state index is 0.461. The maximum atomic E-state index is 12.8. The Morgan fingerprint density at radius 1 is 1.25 bits per heavy atom. The number of nitrogens with zero attached hydrogens (tertiary/aromatic N) is 1. The van der Waals surface area contributed by atoms with Gasteiger partial charge in [-0.25, -0.2) is 14.2 Å². The van der Waals surface area contributed by atoms with E-state index in [9.17, 15) is 8.78 Å². The minimum Gasteiger partial charge on any atom is -0.271 e. The molecule has 3 nitrogen and oxygen atoms in total. The monoisotopic (exact) mass is 223 g/mol. The van der Waals surface area contributed by atoms with E-state index in [1.165, 1.54) is 0 Å². The molecule has 0 radical (unpaired) electrons. The largest absolute Gasteiger partial charge is 0.271 e. The quantitative estimate of drug-likeness (QED) is 0.618. The van der Waals surface area contributed by atoms with Gasteiger partial charge in [0.25, 0.3) is 6.43 Å². The molecule has 1 aromatic heterocycles. The third-order valence-electron chi connectivity index (χ3n) is 2.48. The number of hydrogen-bond acceptors (Lipinski definition) is 3. The number of hydrazine groups is 1. The van der Waals surface area contributed by atoms with Gasteiger partial charge in [0.15, 0.2) is 0 Å². The lowest BCUT2D eigenvalue weighted by atomic mass is 10.0. The van der Waals surface area contributed by atoms with Crippen LogP contribution >= 0.6 is 0 Å². The maximum Gasteiger partial charge on any atom is 0.259 e. The van der Waals surface area contributed by atoms with Crippen LogP contribution in [-0.4, -0.2) is 11.4 Å². The van der Waals surface area contributed by atoms with Crippen LogP contribution in [0.5, 0.6) is 0 Å². The van der Waals surface area contributed by atoms with Gasteiger partial charge in [0, 0.05) is 17.8 Å². The first-order valence-corrected chi connectivity index (χ1v) is 4.81. The summed E-state index contributed by atoms with van der Waals surface area (Å²) in [5.74, 6) is 5.15. The van der Waals surface area contributed by atoms with Crippen molar-refractivity contribution in [1.82, 2.24) is 10.4 Å². The maximum absolute atomic E-state index is 12.8. The van der Waals surface area contributed by atoms with Crippen molar-refractivity contribution < 1.29 is 8.78 Å². The fraction of sp³-hybridized carbons (Fsp3) is 0.182. The zero-order valence-corrected chi connectivity index (χ0v) is 8.40. The van der Waals surface area contributed by atoms with Crippen LogP contribution in [0.4, 0.5) is 8.78 Å². The number of nitrogens with one attached hydrogen (secondary N) is 1. The molecule has 0 fully saturated rings. The van der Waals surface area contributed by atoms with Crippen LogP contribution in [0.3, 0.4) is 0 Å². The predicted octanol–water partition coefficient (Wildman–Crippen LogP) is 2.00. The lowest BCUT2D eigenvalue weighted by Crippen LogP contribution is -2.33. The van der Waals surface area contributed by atoms with Crippen LogP contribution < -0.4 is 11.3 Å². The Balaban J connectivity index is 2.59. The van der Waals surface area contributed by atoms with Crippen LogP contribution in [0, 0.1) is 0 Å². The Bertz CT molecular complexity index is 482. The second-order valence-electron chi connectivity index (χ2n) is 3.42. The average molecular weight is 223 g/mol. The molecule has 2 aromatic rings. The van der Waals surface area contributed by atoms with Gasteiger partial charge in [0.2, 0.25) is 0 Å². The number of halogens is 2. The van der Waals surface area contributed by atoms with Crippen molar-refractivity contribution in [2.45, 2.75) is 12.5 Å². The highest BCUT2D eigenvalue weighted by molar-refractivity contribution is 5.85. The zero-order chi connectivity index (χ0) is 11.5. The van der Waals surface area contributed by atoms with Gasteiger partial charge < -0.3 is 0 Å². The molecule has 1 aromatic carbocycles. The number of fused-ring (bicyclic) bond motifs is 1. The second kappa shape index (κ2) is 4.51. The molecule has 2 rings (SSSR count). The Morgan fingerprint density at radius 3 is 2.75 bits per heavy atom. The fourth-order valence-corrected chi connectivity index (χ4v) is 1.71. The van der Waals surface area contributed by atoms with Crippen molar-refractivity contribution >= 4 is 10.8 Å². The molecule has 16 heavy (non-hydrogen) atoms. The number of benzene rings is 1. The predicted molar refractivity (Wildman–Crippen MR) is 57.8 cm³/mol. The summed E-state index contributed by atoms with van der Waals surface area (Å²) in [6.45, 7) is 0. The van der Waals surface area contributed by atoms with E-state index in [-0.39, 0.29) is 0 Å². The zero-order valence-electron chi connectivity index (χ0n) is 8.40. The van der Waals surface area contributed by atoms with Gasteiger partial charge in [-0.2, -0.15) is 0 Å². The van der Waals surface area contributed by atoms with E-state index in [4.69, 9.17) is 5.84 Å². The van der Waals surface area contributed by atoms with E-state index in [1.807, 2.05) is 6.07 Å². The number of pyridine rings is 1. The number of rotatable bonds is 3. The van der Waals surface area contributed by atoms with Crippen molar-refractivity contribution in [2.24, 2.45) is 5.84 Å². The number of hydrogen-bond donors (Lipinski definition) is 2. The van der Waals surface area contributed by atoms with E-state index < -0.39 is 12.5 Å². The SMILES string of the molecule is NNC(c1cccc2ccncc12)C(F)F. The summed E-state index contributed by atoms with van der Waals surface area (Å²) in [6.07, 6.45) is 0.632. The summed E-state index contributed by atoms with van der Waals surface area (Å²) in [6, 6.07) is 5.80. The van der Waals surface area contributed by atoms with Crippen LogP contribution in [0.15, 0.2) is 36.7 Å². The van der Waals surface area contributed by atoms with E-state index in [0.29, 0.717) is 10.9 Å². The molecule has 0 spiro atoms. The number of nitrogens with two attached hydrogens (primary N) is 1. The van der Waals surface area contributed by atoms with Gasteiger partial charge in [-0.05, 0) is 17.0 Å². The fourth-order valence-electron chi connectivity index (χ4n) is 1.71. The molecule has 0 aliphatic carbocycles. The summed E-state index contributed by atoms with van der Waals surface area (Å²) in [4.78, 5) is 3.94. The molecule has 84 valence electrons. The van der Waals surface area contributed by atoms with E-state index in [2.05, 4.69) is 10.4 Å². The summed E-state index contributed by atoms with van der Waals surface area (Å²) in [7, 11) is 0. The highest BCUT2D eigenvalue weighted by Gasteiger charge is 2.22. The highest BCUT2D eigenvalue weighted by Crippen LogP contribution is 2.26. The van der Waals surface area contributed by atoms with Crippen molar-refractivity contribution in [2.75, 3.05) is 0 Å². The van der Waals surface area contributed by atoms with Crippen molar-refractivity contribution in [3.05, 3.63) is 42.2 Å². The number of alkyl halides is 2. The molecule has 0 bridgehead atoms. The van der Waals surface area contributed by atoms with E-state index in [1.54, 1.807) is 30.6 Å². The smallest absolute Gasteiger partial charge is 0.259 e. The van der Waals surface area contributed by atoms with Crippen molar-refractivity contribution in [1.29, 1.82) is 0 Å². The van der Waals surface area contributed by atoms with Gasteiger partial charge in [0.1, 0.15) is 6.04 Å². The van der Waals surface area contributed by atoms with Gasteiger partial charge in [-0.15, -0.1) is 0 Å². The molecule has 0 amide bonds. The molecule has 1 unspecified atom stereocenters. The van der Waals surface area contributed by atoms with Crippen LogP contribution in [0.25, 0.3) is 10.8 Å². The van der Waals surface area contributed by atoms with Gasteiger partial charge in [0.05, 0.1) is 0 Å². The third kappa shape index (κ3) is 1.87. The summed E-state index contributed by atoms with van der Waals surface area (Å²) >= 11 is 0. The normalized spacial score (nSPS) is 13.2. The molecule has 1 atom stereocenters. The van der Waals surface area contributed by atoms with Gasteiger partial charge in [-0.3, -0.25) is 10.8 Å². The Labute approximate surface area is 91.3 Å². The van der Waals surface area contributed by atoms with Crippen molar-refractivity contribution in [3.8, 4) is 0 Å². The molecule has 1 heterocycles. The average Bonchev–Trinajstić information content (AvgIpc) is 2.30. The molecule has 5 heteroatoms. The summed E-state index contributed by atoms with van der Waals surface area (Å²) in [5, 5.41) is 1.56. The Hall–Kier alpha value is -1.59. The minimum atomic E-state index is -2.56. The highest BCUT2D eigenvalue weighted by atomic mass is 19.3. The van der Waals surface area contributed by atoms with Gasteiger partial charge in [-0.1, -0.05) is 18.2 Å². The summed E-state index contributed by atoms with van der Waals surface area (Å²) < 4.78 is 25.5.